The Morgan fingerprint density at radius 2 is 1.19 bits per heavy atom. The minimum absolute atomic E-state index is 0.0225. The predicted octanol–water partition coefficient (Wildman–Crippen LogP) is 11.4. The normalized spacial score (nSPS) is 15.1. The minimum atomic E-state index is -0.0225. The highest BCUT2D eigenvalue weighted by Gasteiger charge is 2.33. The number of benzene rings is 7. The van der Waals surface area contributed by atoms with Crippen LogP contribution in [0.5, 0.6) is 0 Å². The molecule has 3 heteroatoms. The summed E-state index contributed by atoms with van der Waals surface area (Å²) in [5, 5.41) is 12.7. The predicted molar refractivity (Wildman–Crippen MR) is 206 cm³/mol. The molecule has 1 atom stereocenters. The van der Waals surface area contributed by atoms with Crippen molar-refractivity contribution in [2.24, 2.45) is 0 Å². The van der Waals surface area contributed by atoms with E-state index in [-0.39, 0.29) is 6.04 Å². The Hall–Kier alpha value is -6.06. The SMILES string of the molecule is C/C=C\c1ccc2c(c1N)NCC1=C2C(c2ccc(-c3c4ccccc4c(-c4ccccc4)c4ccccc34)cc2)Nc2ccccc21. The van der Waals surface area contributed by atoms with Crippen molar-refractivity contribution in [3.8, 4) is 22.3 Å². The molecule has 0 spiro atoms. The summed E-state index contributed by atoms with van der Waals surface area (Å²) >= 11 is 0. The number of hydrogen-bond donors (Lipinski definition) is 3. The van der Waals surface area contributed by atoms with Gasteiger partial charge in [0.2, 0.25) is 0 Å². The van der Waals surface area contributed by atoms with E-state index in [0.717, 1.165) is 34.7 Å². The molecule has 0 saturated carbocycles. The Bertz CT molecular complexity index is 2380. The first-order chi connectivity index (χ1) is 23.7. The molecule has 0 saturated heterocycles. The fraction of sp³-hybridized carbons (Fsp3) is 0.0667. The largest absolute Gasteiger partial charge is 0.397 e. The molecule has 0 fully saturated rings. The molecule has 7 aromatic rings. The first-order valence-corrected chi connectivity index (χ1v) is 16.7. The molecule has 0 aliphatic carbocycles. The minimum Gasteiger partial charge on any atom is -0.397 e. The average molecular weight is 618 g/mol. The Morgan fingerprint density at radius 3 is 1.83 bits per heavy atom. The highest BCUT2D eigenvalue weighted by molar-refractivity contribution is 6.21. The van der Waals surface area contributed by atoms with Crippen LogP contribution in [-0.2, 0) is 0 Å². The maximum atomic E-state index is 6.76. The van der Waals surface area contributed by atoms with Crippen LogP contribution >= 0.6 is 0 Å². The Morgan fingerprint density at radius 1 is 0.604 bits per heavy atom. The Labute approximate surface area is 281 Å². The van der Waals surface area contributed by atoms with Crippen molar-refractivity contribution in [3.05, 3.63) is 168 Å². The van der Waals surface area contributed by atoms with Crippen LogP contribution in [0.4, 0.5) is 17.1 Å². The number of nitrogen functional groups attached to an aromatic ring is 1. The highest BCUT2D eigenvalue weighted by atomic mass is 15.0. The van der Waals surface area contributed by atoms with Gasteiger partial charge in [0.15, 0.2) is 0 Å². The van der Waals surface area contributed by atoms with Gasteiger partial charge in [-0.15, -0.1) is 0 Å². The number of para-hydroxylation sites is 1. The molecule has 1 unspecified atom stereocenters. The molecular formula is C45H35N3. The van der Waals surface area contributed by atoms with Gasteiger partial charge in [-0.25, -0.2) is 0 Å². The van der Waals surface area contributed by atoms with E-state index < -0.39 is 0 Å². The lowest BCUT2D eigenvalue weighted by atomic mass is 9.79. The summed E-state index contributed by atoms with van der Waals surface area (Å²) in [6, 6.07) is 50.7. The molecule has 7 aromatic carbocycles. The molecule has 4 N–H and O–H groups in total. The maximum absolute atomic E-state index is 6.76. The van der Waals surface area contributed by atoms with Crippen molar-refractivity contribution in [1.29, 1.82) is 0 Å². The van der Waals surface area contributed by atoms with E-state index in [0.29, 0.717) is 0 Å². The van der Waals surface area contributed by atoms with Crippen LogP contribution in [0.1, 0.15) is 35.2 Å². The molecule has 0 bridgehead atoms. The highest BCUT2D eigenvalue weighted by Crippen LogP contribution is 2.51. The van der Waals surface area contributed by atoms with Gasteiger partial charge in [0.25, 0.3) is 0 Å². The topological polar surface area (TPSA) is 50.1 Å². The Kier molecular flexibility index (Phi) is 6.65. The van der Waals surface area contributed by atoms with Crippen molar-refractivity contribution in [3.63, 3.8) is 0 Å². The zero-order valence-corrected chi connectivity index (χ0v) is 26.8. The third-order valence-corrected chi connectivity index (χ3v) is 10.1. The molecule has 0 amide bonds. The van der Waals surface area contributed by atoms with Gasteiger partial charge in [0, 0.05) is 23.4 Å². The summed E-state index contributed by atoms with van der Waals surface area (Å²) in [6.45, 7) is 2.75. The van der Waals surface area contributed by atoms with Gasteiger partial charge >= 0.3 is 0 Å². The van der Waals surface area contributed by atoms with E-state index in [1.54, 1.807) is 0 Å². The van der Waals surface area contributed by atoms with Gasteiger partial charge in [-0.2, -0.15) is 0 Å². The van der Waals surface area contributed by atoms with Crippen LogP contribution in [0.3, 0.4) is 0 Å². The van der Waals surface area contributed by atoms with E-state index in [2.05, 4.69) is 156 Å². The van der Waals surface area contributed by atoms with Crippen LogP contribution in [0.15, 0.2) is 146 Å². The van der Waals surface area contributed by atoms with Crippen LogP contribution in [-0.4, -0.2) is 6.54 Å². The van der Waals surface area contributed by atoms with Gasteiger partial charge < -0.3 is 16.4 Å². The van der Waals surface area contributed by atoms with Gasteiger partial charge in [0.05, 0.1) is 17.4 Å². The third kappa shape index (κ3) is 4.35. The number of nitrogens with one attached hydrogen (secondary N) is 2. The van der Waals surface area contributed by atoms with Gasteiger partial charge in [-0.1, -0.05) is 146 Å². The van der Waals surface area contributed by atoms with E-state index in [1.807, 2.05) is 13.0 Å². The molecule has 230 valence electrons. The van der Waals surface area contributed by atoms with E-state index in [4.69, 9.17) is 5.73 Å². The monoisotopic (exact) mass is 617 g/mol. The lowest BCUT2D eigenvalue weighted by Gasteiger charge is -2.37. The van der Waals surface area contributed by atoms with Gasteiger partial charge in [-0.3, -0.25) is 0 Å². The van der Waals surface area contributed by atoms with Crippen molar-refractivity contribution in [1.82, 2.24) is 0 Å². The zero-order valence-electron chi connectivity index (χ0n) is 26.8. The summed E-state index contributed by atoms with van der Waals surface area (Å²) in [4.78, 5) is 0. The number of anilines is 3. The lowest BCUT2D eigenvalue weighted by molar-refractivity contribution is 0.982. The van der Waals surface area contributed by atoms with Crippen LogP contribution in [0, 0.1) is 0 Å². The summed E-state index contributed by atoms with van der Waals surface area (Å²) in [5.41, 5.74) is 22.0. The smallest absolute Gasteiger partial charge is 0.0777 e. The molecule has 48 heavy (non-hydrogen) atoms. The maximum Gasteiger partial charge on any atom is 0.0777 e. The Balaban J connectivity index is 1.21. The fourth-order valence-corrected chi connectivity index (χ4v) is 7.93. The van der Waals surface area contributed by atoms with Crippen molar-refractivity contribution in [2.75, 3.05) is 22.9 Å². The van der Waals surface area contributed by atoms with E-state index in [9.17, 15) is 0 Å². The number of fused-ring (bicyclic) bond motifs is 6. The zero-order chi connectivity index (χ0) is 32.2. The number of allylic oxidation sites excluding steroid dienone is 1. The van der Waals surface area contributed by atoms with Crippen molar-refractivity contribution >= 4 is 55.8 Å². The fourth-order valence-electron chi connectivity index (χ4n) is 7.93. The van der Waals surface area contributed by atoms with Gasteiger partial charge in [0.1, 0.15) is 0 Å². The number of hydrogen-bond acceptors (Lipinski definition) is 3. The summed E-state index contributed by atoms with van der Waals surface area (Å²) in [5.74, 6) is 0. The van der Waals surface area contributed by atoms with Crippen LogP contribution in [0.25, 0.3) is 61.0 Å². The lowest BCUT2D eigenvalue weighted by Crippen LogP contribution is -2.26. The van der Waals surface area contributed by atoms with E-state index >= 15 is 0 Å². The summed E-state index contributed by atoms with van der Waals surface area (Å²) < 4.78 is 0. The summed E-state index contributed by atoms with van der Waals surface area (Å²) in [7, 11) is 0. The molecule has 2 aliphatic rings. The molecule has 2 aliphatic heterocycles. The van der Waals surface area contributed by atoms with Crippen LogP contribution < -0.4 is 16.4 Å². The quantitative estimate of drug-likeness (QED) is 0.136. The second-order valence-electron chi connectivity index (χ2n) is 12.7. The standard InChI is InChI=1S/C45H35N3/c1-2-12-30-25-26-37-42-38(27-47-45(37)43(30)46)32-15-10-11-20-39(32)48-44(42)31-23-21-29(22-24-31)41-35-18-8-6-16-33(35)40(28-13-4-3-5-14-28)34-17-7-9-19-36(34)41/h2-26,44,47-48H,27,46H2,1H3/b12-2-. The first kappa shape index (κ1) is 28.2. The van der Waals surface area contributed by atoms with Crippen molar-refractivity contribution in [2.45, 2.75) is 13.0 Å². The van der Waals surface area contributed by atoms with Gasteiger partial charge in [-0.05, 0) is 79.1 Å². The average Bonchev–Trinajstić information content (AvgIpc) is 3.15. The van der Waals surface area contributed by atoms with E-state index in [1.165, 1.54) is 66.1 Å². The molecule has 3 nitrogen and oxygen atoms in total. The molecule has 9 rings (SSSR count). The molecule has 0 aromatic heterocycles. The summed E-state index contributed by atoms with van der Waals surface area (Å²) in [6.07, 6.45) is 4.11. The number of nitrogens with two attached hydrogens (primary N) is 1. The molecular weight excluding hydrogens is 583 g/mol. The molecule has 0 radical (unpaired) electrons. The molecule has 2 heterocycles. The van der Waals surface area contributed by atoms with Crippen LogP contribution in [0.2, 0.25) is 0 Å². The third-order valence-electron chi connectivity index (χ3n) is 10.1. The second-order valence-corrected chi connectivity index (χ2v) is 12.7. The van der Waals surface area contributed by atoms with Crippen molar-refractivity contribution < 1.29 is 0 Å². The number of rotatable bonds is 4. The second kappa shape index (κ2) is 11.3. The first-order valence-electron chi connectivity index (χ1n) is 16.7.